The second kappa shape index (κ2) is 13.5. The summed E-state index contributed by atoms with van der Waals surface area (Å²) in [5.41, 5.74) is 0.840. The summed E-state index contributed by atoms with van der Waals surface area (Å²) in [6.45, 7) is 4.93. The normalized spacial score (nSPS) is 12.1. The van der Waals surface area contributed by atoms with E-state index in [0.717, 1.165) is 4.31 Å². The first-order chi connectivity index (χ1) is 18.6. The molecule has 3 aromatic rings. The lowest BCUT2D eigenvalue weighted by Gasteiger charge is -2.34. The third kappa shape index (κ3) is 7.30. The quantitative estimate of drug-likeness (QED) is 0.334. The molecule has 0 fully saturated rings. The number of anilines is 1. The number of amides is 2. The predicted octanol–water partition coefficient (Wildman–Crippen LogP) is 4.88. The molecular weight excluding hydrogens is 538 g/mol. The standard InChI is InChI=1S/C29H34ClN3O5S/c1-5-25(29(35)31-21(2)3)32(19-22-13-9-10-16-24(22)30)28(34)20-33(26-17-11-12-18-27(26)38-4)39(36,37)23-14-7-6-8-15-23/h6-18,21,25H,5,19-20H2,1-4H3,(H,31,35)/t25-/m0/s1. The van der Waals surface area contributed by atoms with Crippen molar-refractivity contribution in [1.29, 1.82) is 0 Å². The zero-order valence-electron chi connectivity index (χ0n) is 22.5. The molecule has 208 valence electrons. The molecule has 0 unspecified atom stereocenters. The minimum absolute atomic E-state index is 0.0194. The van der Waals surface area contributed by atoms with Gasteiger partial charge in [0.25, 0.3) is 10.0 Å². The lowest BCUT2D eigenvalue weighted by atomic mass is 10.1. The summed E-state index contributed by atoms with van der Waals surface area (Å²) in [7, 11) is -2.76. The van der Waals surface area contributed by atoms with Crippen LogP contribution in [0, 0.1) is 0 Å². The zero-order valence-corrected chi connectivity index (χ0v) is 24.1. The number of carbonyl (C=O) groups excluding carboxylic acids is 2. The molecule has 0 aromatic heterocycles. The van der Waals surface area contributed by atoms with Crippen molar-refractivity contribution in [3.63, 3.8) is 0 Å². The van der Waals surface area contributed by atoms with Crippen LogP contribution < -0.4 is 14.4 Å². The van der Waals surface area contributed by atoms with Crippen LogP contribution in [0.1, 0.15) is 32.8 Å². The Labute approximate surface area is 235 Å². The van der Waals surface area contributed by atoms with E-state index in [0.29, 0.717) is 17.0 Å². The molecule has 0 aliphatic rings. The van der Waals surface area contributed by atoms with Crippen molar-refractivity contribution in [1.82, 2.24) is 10.2 Å². The highest BCUT2D eigenvalue weighted by Gasteiger charge is 2.35. The van der Waals surface area contributed by atoms with Crippen molar-refractivity contribution in [2.75, 3.05) is 18.0 Å². The highest BCUT2D eigenvalue weighted by atomic mass is 35.5. The molecule has 0 heterocycles. The van der Waals surface area contributed by atoms with Gasteiger partial charge in [0.2, 0.25) is 11.8 Å². The predicted molar refractivity (Wildman–Crippen MR) is 153 cm³/mol. The number of carbonyl (C=O) groups is 2. The highest BCUT2D eigenvalue weighted by molar-refractivity contribution is 7.92. The first kappa shape index (κ1) is 30.0. The van der Waals surface area contributed by atoms with Gasteiger partial charge in [-0.15, -0.1) is 0 Å². The fourth-order valence-electron chi connectivity index (χ4n) is 4.18. The number of benzene rings is 3. The average molecular weight is 572 g/mol. The topological polar surface area (TPSA) is 96.0 Å². The minimum atomic E-state index is -4.19. The van der Waals surface area contributed by atoms with Gasteiger partial charge in [-0.3, -0.25) is 13.9 Å². The first-order valence-corrected chi connectivity index (χ1v) is 14.5. The number of nitrogens with zero attached hydrogens (tertiary/aromatic N) is 2. The molecular formula is C29H34ClN3O5S. The van der Waals surface area contributed by atoms with Gasteiger partial charge in [-0.25, -0.2) is 8.42 Å². The van der Waals surface area contributed by atoms with Crippen LogP contribution in [0.15, 0.2) is 83.8 Å². The van der Waals surface area contributed by atoms with Gasteiger partial charge in [-0.2, -0.15) is 0 Å². The Hall–Kier alpha value is -3.56. The van der Waals surface area contributed by atoms with Crippen molar-refractivity contribution in [2.45, 2.75) is 50.7 Å². The first-order valence-electron chi connectivity index (χ1n) is 12.6. The van der Waals surface area contributed by atoms with E-state index in [2.05, 4.69) is 5.32 Å². The monoisotopic (exact) mass is 571 g/mol. The Morgan fingerprint density at radius 2 is 1.56 bits per heavy atom. The number of hydrogen-bond donors (Lipinski definition) is 1. The molecule has 2 amide bonds. The van der Waals surface area contributed by atoms with Crippen molar-refractivity contribution in [2.24, 2.45) is 0 Å². The van der Waals surface area contributed by atoms with E-state index >= 15 is 0 Å². The van der Waals surface area contributed by atoms with Gasteiger partial charge in [0.15, 0.2) is 0 Å². The van der Waals surface area contributed by atoms with Gasteiger partial charge in [0.1, 0.15) is 18.3 Å². The van der Waals surface area contributed by atoms with Crippen LogP contribution in [0.2, 0.25) is 5.02 Å². The number of para-hydroxylation sites is 2. The van der Waals surface area contributed by atoms with E-state index in [1.165, 1.54) is 24.1 Å². The van der Waals surface area contributed by atoms with Crippen LogP contribution >= 0.6 is 11.6 Å². The van der Waals surface area contributed by atoms with E-state index in [1.54, 1.807) is 73.7 Å². The lowest BCUT2D eigenvalue weighted by molar-refractivity contribution is -0.140. The number of sulfonamides is 1. The van der Waals surface area contributed by atoms with E-state index in [1.807, 2.05) is 13.8 Å². The summed E-state index contributed by atoms with van der Waals surface area (Å²) in [6.07, 6.45) is 0.314. The molecule has 1 atom stereocenters. The Kier molecular flexibility index (Phi) is 10.4. The fraction of sp³-hybridized carbons (Fsp3) is 0.310. The lowest BCUT2D eigenvalue weighted by Crippen LogP contribution is -2.53. The molecule has 10 heteroatoms. The van der Waals surface area contributed by atoms with Crippen molar-refractivity contribution >= 4 is 39.1 Å². The van der Waals surface area contributed by atoms with Gasteiger partial charge in [0.05, 0.1) is 17.7 Å². The van der Waals surface area contributed by atoms with E-state index in [-0.39, 0.29) is 34.8 Å². The van der Waals surface area contributed by atoms with Crippen molar-refractivity contribution in [3.05, 3.63) is 89.4 Å². The van der Waals surface area contributed by atoms with Crippen LogP contribution in [0.25, 0.3) is 0 Å². The molecule has 0 radical (unpaired) electrons. The van der Waals surface area contributed by atoms with Crippen LogP contribution in [0.3, 0.4) is 0 Å². The van der Waals surface area contributed by atoms with Crippen molar-refractivity contribution in [3.8, 4) is 5.75 Å². The zero-order chi connectivity index (χ0) is 28.6. The van der Waals surface area contributed by atoms with Gasteiger partial charge < -0.3 is 15.0 Å². The number of methoxy groups -OCH3 is 1. The molecule has 8 nitrogen and oxygen atoms in total. The molecule has 0 spiro atoms. The molecule has 1 N–H and O–H groups in total. The Morgan fingerprint density at radius 1 is 0.949 bits per heavy atom. The fourth-order valence-corrected chi connectivity index (χ4v) is 5.82. The summed E-state index contributed by atoms with van der Waals surface area (Å²) < 4.78 is 34.3. The number of hydrogen-bond acceptors (Lipinski definition) is 5. The second-order valence-corrected chi connectivity index (χ2v) is 11.5. The van der Waals surface area contributed by atoms with E-state index in [9.17, 15) is 18.0 Å². The number of halogens is 1. The number of rotatable bonds is 12. The minimum Gasteiger partial charge on any atom is -0.495 e. The number of nitrogens with one attached hydrogen (secondary N) is 1. The molecule has 0 aliphatic carbocycles. The van der Waals surface area contributed by atoms with Gasteiger partial charge in [-0.1, -0.05) is 67.1 Å². The largest absolute Gasteiger partial charge is 0.495 e. The SMILES string of the molecule is CC[C@@H](C(=O)NC(C)C)N(Cc1ccccc1Cl)C(=O)CN(c1ccccc1OC)S(=O)(=O)c1ccccc1. The molecule has 39 heavy (non-hydrogen) atoms. The van der Waals surface area contributed by atoms with E-state index < -0.39 is 28.5 Å². The molecule has 3 aromatic carbocycles. The molecule has 3 rings (SSSR count). The molecule has 0 saturated carbocycles. The maximum absolute atomic E-state index is 14.1. The van der Waals surface area contributed by atoms with Crippen LogP contribution in [0.4, 0.5) is 5.69 Å². The Morgan fingerprint density at radius 3 is 2.18 bits per heavy atom. The maximum Gasteiger partial charge on any atom is 0.264 e. The average Bonchev–Trinajstić information content (AvgIpc) is 2.92. The molecule has 0 saturated heterocycles. The third-order valence-electron chi connectivity index (χ3n) is 6.08. The summed E-state index contributed by atoms with van der Waals surface area (Å²) >= 11 is 6.42. The molecule has 0 bridgehead atoms. The third-order valence-corrected chi connectivity index (χ3v) is 8.22. The van der Waals surface area contributed by atoms with Crippen LogP contribution in [-0.4, -0.2) is 50.9 Å². The van der Waals surface area contributed by atoms with E-state index in [4.69, 9.17) is 16.3 Å². The summed E-state index contributed by atoms with van der Waals surface area (Å²) in [5, 5.41) is 3.31. The Bertz CT molecular complexity index is 1380. The van der Waals surface area contributed by atoms with Crippen LogP contribution in [0.5, 0.6) is 5.75 Å². The maximum atomic E-state index is 14.1. The number of ether oxygens (including phenoxy) is 1. The summed E-state index contributed by atoms with van der Waals surface area (Å²) in [4.78, 5) is 28.7. The molecule has 0 aliphatic heterocycles. The van der Waals surface area contributed by atoms with Gasteiger partial charge >= 0.3 is 0 Å². The smallest absolute Gasteiger partial charge is 0.264 e. The van der Waals surface area contributed by atoms with Gasteiger partial charge in [0, 0.05) is 17.6 Å². The summed E-state index contributed by atoms with van der Waals surface area (Å²) in [5.74, 6) is -0.610. The summed E-state index contributed by atoms with van der Waals surface area (Å²) in [6, 6.07) is 20.5. The van der Waals surface area contributed by atoms with Crippen molar-refractivity contribution < 1.29 is 22.7 Å². The second-order valence-electron chi connectivity index (χ2n) is 9.20. The Balaban J connectivity index is 2.10. The van der Waals surface area contributed by atoms with Gasteiger partial charge in [-0.05, 0) is 56.2 Å². The highest BCUT2D eigenvalue weighted by Crippen LogP contribution is 2.32. The van der Waals surface area contributed by atoms with Crippen LogP contribution in [-0.2, 0) is 26.2 Å².